The van der Waals surface area contributed by atoms with Gasteiger partial charge in [-0.05, 0) is 31.2 Å². The van der Waals surface area contributed by atoms with Gasteiger partial charge in [0.15, 0.2) is 0 Å². The number of benzene rings is 1. The van der Waals surface area contributed by atoms with Crippen molar-refractivity contribution in [3.05, 3.63) is 56.5 Å². The largest absolute Gasteiger partial charge is 0.269 e. The number of carbonyl (C=O) groups excluding carboxylic acids is 2. The maximum atomic E-state index is 12.3. The molecule has 1 aromatic heterocycles. The van der Waals surface area contributed by atoms with Gasteiger partial charge in [0, 0.05) is 10.2 Å². The Morgan fingerprint density at radius 2 is 1.86 bits per heavy atom. The van der Waals surface area contributed by atoms with Gasteiger partial charge in [-0.3, -0.25) is 14.5 Å². The lowest BCUT2D eigenvalue weighted by Crippen LogP contribution is -2.30. The van der Waals surface area contributed by atoms with E-state index in [1.165, 1.54) is 0 Å². The molecule has 106 valence electrons. The molecule has 0 unspecified atom stereocenters. The van der Waals surface area contributed by atoms with Crippen molar-refractivity contribution in [2.45, 2.75) is 13.5 Å². The summed E-state index contributed by atoms with van der Waals surface area (Å²) in [6.07, 6.45) is 0. The topological polar surface area (TPSA) is 63.2 Å². The Hall–Kier alpha value is -1.79. The van der Waals surface area contributed by atoms with E-state index in [9.17, 15) is 9.59 Å². The summed E-state index contributed by atoms with van der Waals surface area (Å²) in [4.78, 5) is 34.0. The minimum atomic E-state index is -0.350. The van der Waals surface area contributed by atoms with Gasteiger partial charge in [-0.1, -0.05) is 27.5 Å². The molecule has 0 saturated heterocycles. The predicted molar refractivity (Wildman–Crippen MR) is 80.1 cm³/mol. The van der Waals surface area contributed by atoms with Gasteiger partial charge >= 0.3 is 0 Å². The molecular weight excluding hydrogens is 358 g/mol. The summed E-state index contributed by atoms with van der Waals surface area (Å²) >= 11 is 9.17. The third kappa shape index (κ3) is 2.56. The van der Waals surface area contributed by atoms with Crippen LogP contribution < -0.4 is 0 Å². The number of aromatic nitrogens is 2. The number of fused-ring (bicyclic) bond motifs is 1. The van der Waals surface area contributed by atoms with E-state index >= 15 is 0 Å². The average molecular weight is 367 g/mol. The molecule has 21 heavy (non-hydrogen) atoms. The molecule has 0 atom stereocenters. The van der Waals surface area contributed by atoms with Crippen molar-refractivity contribution < 1.29 is 9.59 Å². The molecule has 0 bridgehead atoms. The minimum absolute atomic E-state index is 0.00532. The van der Waals surface area contributed by atoms with Gasteiger partial charge in [0.05, 0.1) is 17.7 Å². The van der Waals surface area contributed by atoms with Gasteiger partial charge in [-0.15, -0.1) is 0 Å². The Labute approximate surface area is 134 Å². The number of hydrogen-bond acceptors (Lipinski definition) is 4. The quantitative estimate of drug-likeness (QED) is 0.605. The Bertz CT molecular complexity index is 759. The predicted octanol–water partition coefficient (Wildman–Crippen LogP) is 3.00. The van der Waals surface area contributed by atoms with Crippen LogP contribution in [0, 0.1) is 6.92 Å². The molecule has 0 spiro atoms. The number of imide groups is 1. The third-order valence-corrected chi connectivity index (χ3v) is 3.79. The van der Waals surface area contributed by atoms with Crippen LogP contribution in [-0.4, -0.2) is 26.7 Å². The van der Waals surface area contributed by atoms with Crippen molar-refractivity contribution in [2.75, 3.05) is 0 Å². The molecular formula is C14H9BrClN3O2. The molecule has 0 saturated carbocycles. The molecule has 2 heterocycles. The Morgan fingerprint density at radius 1 is 1.14 bits per heavy atom. The molecule has 0 fully saturated rings. The van der Waals surface area contributed by atoms with E-state index in [0.29, 0.717) is 22.6 Å². The number of rotatable bonds is 2. The number of aryl methyl sites for hydroxylation is 1. The van der Waals surface area contributed by atoms with Gasteiger partial charge in [-0.25, -0.2) is 9.97 Å². The van der Waals surface area contributed by atoms with Crippen LogP contribution in [0.25, 0.3) is 0 Å². The van der Waals surface area contributed by atoms with Gasteiger partial charge in [0.2, 0.25) is 0 Å². The van der Waals surface area contributed by atoms with Crippen LogP contribution in [-0.2, 0) is 6.54 Å². The van der Waals surface area contributed by atoms with Crippen molar-refractivity contribution in [1.82, 2.24) is 14.9 Å². The molecule has 0 radical (unpaired) electrons. The van der Waals surface area contributed by atoms with Crippen molar-refractivity contribution in [3.63, 3.8) is 0 Å². The normalized spacial score (nSPS) is 13.8. The Balaban J connectivity index is 1.95. The van der Waals surface area contributed by atoms with Crippen LogP contribution in [0.15, 0.2) is 28.7 Å². The molecule has 7 heteroatoms. The third-order valence-electron chi connectivity index (χ3n) is 3.10. The van der Waals surface area contributed by atoms with Crippen molar-refractivity contribution in [2.24, 2.45) is 0 Å². The highest BCUT2D eigenvalue weighted by atomic mass is 79.9. The Morgan fingerprint density at radius 3 is 2.57 bits per heavy atom. The van der Waals surface area contributed by atoms with Crippen LogP contribution in [0.4, 0.5) is 0 Å². The molecule has 5 nitrogen and oxygen atoms in total. The van der Waals surface area contributed by atoms with E-state index in [1.54, 1.807) is 31.2 Å². The monoisotopic (exact) mass is 365 g/mol. The first-order valence-electron chi connectivity index (χ1n) is 6.11. The number of hydrogen-bond donors (Lipinski definition) is 0. The van der Waals surface area contributed by atoms with Crippen molar-refractivity contribution in [1.29, 1.82) is 0 Å². The molecule has 1 aliphatic heterocycles. The number of nitrogens with zero attached hydrogens (tertiary/aromatic N) is 3. The number of halogens is 2. The first kappa shape index (κ1) is 14.2. The first-order valence-corrected chi connectivity index (χ1v) is 7.28. The second-order valence-corrected chi connectivity index (χ2v) is 5.94. The fourth-order valence-corrected chi connectivity index (χ4v) is 2.82. The van der Waals surface area contributed by atoms with Crippen LogP contribution in [0.2, 0.25) is 5.15 Å². The van der Waals surface area contributed by atoms with E-state index in [0.717, 1.165) is 9.37 Å². The second-order valence-electron chi connectivity index (χ2n) is 4.63. The van der Waals surface area contributed by atoms with E-state index in [1.807, 2.05) is 0 Å². The average Bonchev–Trinajstić information content (AvgIpc) is 2.62. The highest BCUT2D eigenvalue weighted by Gasteiger charge is 2.36. The summed E-state index contributed by atoms with van der Waals surface area (Å²) in [5.74, 6) is -0.352. The highest BCUT2D eigenvalue weighted by molar-refractivity contribution is 9.10. The van der Waals surface area contributed by atoms with Gasteiger partial charge in [-0.2, -0.15) is 0 Å². The molecule has 1 aromatic carbocycles. The zero-order valence-corrected chi connectivity index (χ0v) is 13.3. The fourth-order valence-electron chi connectivity index (χ4n) is 2.21. The lowest BCUT2D eigenvalue weighted by Gasteiger charge is -2.12. The minimum Gasteiger partial charge on any atom is -0.269 e. The zero-order chi connectivity index (χ0) is 15.1. The maximum absolute atomic E-state index is 12.3. The van der Waals surface area contributed by atoms with Crippen molar-refractivity contribution >= 4 is 39.3 Å². The van der Waals surface area contributed by atoms with E-state index in [-0.39, 0.29) is 23.5 Å². The number of carbonyl (C=O) groups is 2. The standard InChI is InChI=1S/C14H9BrClN3O2/c1-7-4-11(16)18-12(17-7)6-19-13(20)9-3-2-8(15)5-10(9)14(19)21/h2-5H,6H2,1H3. The summed E-state index contributed by atoms with van der Waals surface area (Å²) in [7, 11) is 0. The summed E-state index contributed by atoms with van der Waals surface area (Å²) in [5.41, 5.74) is 1.46. The lowest BCUT2D eigenvalue weighted by molar-refractivity contribution is 0.0638. The number of amides is 2. The van der Waals surface area contributed by atoms with Crippen LogP contribution >= 0.6 is 27.5 Å². The summed E-state index contributed by atoms with van der Waals surface area (Å²) in [6.45, 7) is 1.78. The summed E-state index contributed by atoms with van der Waals surface area (Å²) in [6, 6.07) is 6.61. The Kier molecular flexibility index (Phi) is 3.51. The molecule has 0 aliphatic carbocycles. The van der Waals surface area contributed by atoms with E-state index < -0.39 is 0 Å². The summed E-state index contributed by atoms with van der Waals surface area (Å²) in [5, 5.41) is 0.289. The smallest absolute Gasteiger partial charge is 0.262 e. The fraction of sp³-hybridized carbons (Fsp3) is 0.143. The molecule has 2 aromatic rings. The zero-order valence-electron chi connectivity index (χ0n) is 10.9. The van der Waals surface area contributed by atoms with Crippen molar-refractivity contribution in [3.8, 4) is 0 Å². The maximum Gasteiger partial charge on any atom is 0.262 e. The van der Waals surface area contributed by atoms with Crippen LogP contribution in [0.5, 0.6) is 0 Å². The van der Waals surface area contributed by atoms with Crippen LogP contribution in [0.3, 0.4) is 0 Å². The highest BCUT2D eigenvalue weighted by Crippen LogP contribution is 2.27. The first-order chi connectivity index (χ1) is 9.95. The second kappa shape index (κ2) is 5.20. The van der Waals surface area contributed by atoms with Gasteiger partial charge in [0.25, 0.3) is 11.8 Å². The summed E-state index contributed by atoms with van der Waals surface area (Å²) < 4.78 is 0.749. The molecule has 3 rings (SSSR count). The molecule has 2 amide bonds. The van der Waals surface area contributed by atoms with E-state index in [2.05, 4.69) is 25.9 Å². The van der Waals surface area contributed by atoms with Gasteiger partial charge < -0.3 is 0 Å². The SMILES string of the molecule is Cc1cc(Cl)nc(CN2C(=O)c3ccc(Br)cc3C2=O)n1. The van der Waals surface area contributed by atoms with Gasteiger partial charge in [0.1, 0.15) is 11.0 Å². The van der Waals surface area contributed by atoms with E-state index in [4.69, 9.17) is 11.6 Å². The molecule has 1 aliphatic rings. The molecule has 0 N–H and O–H groups in total. The lowest BCUT2D eigenvalue weighted by atomic mass is 10.1. The van der Waals surface area contributed by atoms with Crippen LogP contribution in [0.1, 0.15) is 32.2 Å².